The minimum absolute atomic E-state index is 0.0866. The Bertz CT molecular complexity index is 488. The van der Waals surface area contributed by atoms with Crippen molar-refractivity contribution in [1.29, 1.82) is 0 Å². The zero-order chi connectivity index (χ0) is 14.7. The van der Waals surface area contributed by atoms with Crippen molar-refractivity contribution in [1.82, 2.24) is 10.3 Å². The van der Waals surface area contributed by atoms with Crippen LogP contribution in [0.4, 0.5) is 0 Å². The van der Waals surface area contributed by atoms with E-state index in [1.165, 1.54) is 0 Å². The SMILES string of the molecule is CCO[C@H]1CNCC[C@H]1CC(=O)c1[nH]c(C)c(Cl)c1Br. The van der Waals surface area contributed by atoms with Gasteiger partial charge in [-0.15, -0.1) is 0 Å². The second kappa shape index (κ2) is 7.07. The van der Waals surface area contributed by atoms with Gasteiger partial charge < -0.3 is 15.0 Å². The van der Waals surface area contributed by atoms with E-state index in [0.29, 0.717) is 28.2 Å². The van der Waals surface area contributed by atoms with Crippen molar-refractivity contribution in [2.75, 3.05) is 19.7 Å². The Morgan fingerprint density at radius 3 is 2.90 bits per heavy atom. The van der Waals surface area contributed by atoms with Crippen molar-refractivity contribution in [3.63, 3.8) is 0 Å². The summed E-state index contributed by atoms with van der Waals surface area (Å²) in [5, 5.41) is 3.90. The lowest BCUT2D eigenvalue weighted by Crippen LogP contribution is -2.43. The summed E-state index contributed by atoms with van der Waals surface area (Å²) >= 11 is 9.48. The smallest absolute Gasteiger partial charge is 0.180 e. The Hall–Kier alpha value is -0.360. The van der Waals surface area contributed by atoms with Crippen LogP contribution in [0.3, 0.4) is 0 Å². The monoisotopic (exact) mass is 362 g/mol. The van der Waals surface area contributed by atoms with E-state index in [2.05, 4.69) is 26.2 Å². The third-order valence-corrected chi connectivity index (χ3v) is 5.22. The minimum Gasteiger partial charge on any atom is -0.377 e. The highest BCUT2D eigenvalue weighted by atomic mass is 79.9. The summed E-state index contributed by atoms with van der Waals surface area (Å²) < 4.78 is 6.40. The molecular weight excluding hydrogens is 344 g/mol. The molecule has 112 valence electrons. The number of nitrogens with one attached hydrogen (secondary N) is 2. The lowest BCUT2D eigenvalue weighted by molar-refractivity contribution is 0.00341. The van der Waals surface area contributed by atoms with Gasteiger partial charge in [0, 0.05) is 25.3 Å². The van der Waals surface area contributed by atoms with Crippen molar-refractivity contribution in [3.05, 3.63) is 20.9 Å². The number of aryl methyl sites for hydroxylation is 1. The lowest BCUT2D eigenvalue weighted by atomic mass is 9.89. The Morgan fingerprint density at radius 2 is 2.30 bits per heavy atom. The second-order valence-electron chi connectivity index (χ2n) is 5.13. The van der Waals surface area contributed by atoms with Crippen molar-refractivity contribution in [3.8, 4) is 0 Å². The number of hydrogen-bond donors (Lipinski definition) is 2. The van der Waals surface area contributed by atoms with Gasteiger partial charge in [0.05, 0.1) is 21.3 Å². The number of aromatic amines is 1. The predicted octanol–water partition coefficient (Wildman–Crippen LogP) is 3.33. The molecule has 0 spiro atoms. The topological polar surface area (TPSA) is 54.1 Å². The average Bonchev–Trinajstić information content (AvgIpc) is 2.69. The highest BCUT2D eigenvalue weighted by Crippen LogP contribution is 2.31. The van der Waals surface area contributed by atoms with E-state index in [1.54, 1.807) is 0 Å². The molecule has 1 aliphatic heterocycles. The van der Waals surface area contributed by atoms with E-state index >= 15 is 0 Å². The zero-order valence-electron chi connectivity index (χ0n) is 11.8. The van der Waals surface area contributed by atoms with Gasteiger partial charge in [0.1, 0.15) is 0 Å². The summed E-state index contributed by atoms with van der Waals surface area (Å²) in [6, 6.07) is 0. The fourth-order valence-electron chi connectivity index (χ4n) is 2.63. The summed E-state index contributed by atoms with van der Waals surface area (Å²) in [5.74, 6) is 0.349. The summed E-state index contributed by atoms with van der Waals surface area (Å²) in [4.78, 5) is 15.5. The Kier molecular flexibility index (Phi) is 5.66. The van der Waals surface area contributed by atoms with Crippen LogP contribution in [0, 0.1) is 12.8 Å². The molecular formula is C14H20BrClN2O2. The first kappa shape index (κ1) is 16.0. The zero-order valence-corrected chi connectivity index (χ0v) is 14.1. The van der Waals surface area contributed by atoms with Crippen LogP contribution >= 0.6 is 27.5 Å². The number of H-pyrrole nitrogens is 1. The number of aromatic nitrogens is 1. The summed E-state index contributed by atoms with van der Waals surface area (Å²) in [7, 11) is 0. The molecule has 2 rings (SSSR count). The molecule has 0 radical (unpaired) electrons. The van der Waals surface area contributed by atoms with E-state index in [-0.39, 0.29) is 17.8 Å². The fraction of sp³-hybridized carbons (Fsp3) is 0.643. The number of halogens is 2. The first-order valence-electron chi connectivity index (χ1n) is 6.93. The van der Waals surface area contributed by atoms with E-state index in [9.17, 15) is 4.79 Å². The molecule has 20 heavy (non-hydrogen) atoms. The summed E-state index contributed by atoms with van der Waals surface area (Å²) in [6.45, 7) is 6.27. The lowest BCUT2D eigenvalue weighted by Gasteiger charge is -2.31. The molecule has 1 saturated heterocycles. The maximum atomic E-state index is 12.5. The third kappa shape index (κ3) is 3.45. The van der Waals surface area contributed by atoms with Crippen LogP contribution in [0.5, 0.6) is 0 Å². The number of Topliss-reactive ketones (excluding diaryl/α,β-unsaturated/α-hetero) is 1. The summed E-state index contributed by atoms with van der Waals surface area (Å²) in [5.41, 5.74) is 1.38. The number of ketones is 1. The van der Waals surface area contributed by atoms with Crippen LogP contribution in [0.15, 0.2) is 4.47 Å². The molecule has 1 aromatic heterocycles. The first-order valence-corrected chi connectivity index (χ1v) is 8.10. The van der Waals surface area contributed by atoms with Gasteiger partial charge in [-0.05, 0) is 48.7 Å². The van der Waals surface area contributed by atoms with Crippen LogP contribution in [0.2, 0.25) is 5.02 Å². The molecule has 0 unspecified atom stereocenters. The number of rotatable bonds is 5. The van der Waals surface area contributed by atoms with Crippen molar-refractivity contribution in [2.45, 2.75) is 32.8 Å². The number of piperidine rings is 1. The minimum atomic E-state index is 0.0866. The molecule has 0 aromatic carbocycles. The molecule has 1 fully saturated rings. The Balaban J connectivity index is 2.07. The molecule has 0 bridgehead atoms. The number of carbonyl (C=O) groups is 1. The van der Waals surface area contributed by atoms with Gasteiger partial charge in [-0.3, -0.25) is 4.79 Å². The number of carbonyl (C=O) groups excluding carboxylic acids is 1. The highest BCUT2D eigenvalue weighted by molar-refractivity contribution is 9.10. The maximum Gasteiger partial charge on any atom is 0.180 e. The Labute approximate surface area is 132 Å². The van der Waals surface area contributed by atoms with Crippen LogP contribution < -0.4 is 5.32 Å². The molecule has 1 aliphatic rings. The van der Waals surface area contributed by atoms with Crippen LogP contribution in [-0.2, 0) is 4.74 Å². The molecule has 6 heteroatoms. The van der Waals surface area contributed by atoms with E-state index in [0.717, 1.165) is 25.2 Å². The van der Waals surface area contributed by atoms with Gasteiger partial charge in [-0.25, -0.2) is 0 Å². The van der Waals surface area contributed by atoms with Gasteiger partial charge in [-0.2, -0.15) is 0 Å². The normalized spacial score (nSPS) is 23.0. The van der Waals surface area contributed by atoms with Crippen molar-refractivity contribution < 1.29 is 9.53 Å². The van der Waals surface area contributed by atoms with Crippen LogP contribution in [0.1, 0.15) is 35.9 Å². The molecule has 0 amide bonds. The van der Waals surface area contributed by atoms with Crippen LogP contribution in [-0.4, -0.2) is 36.6 Å². The predicted molar refractivity (Wildman–Crippen MR) is 83.6 cm³/mol. The number of ether oxygens (including phenoxy) is 1. The van der Waals surface area contributed by atoms with Crippen LogP contribution in [0.25, 0.3) is 0 Å². The van der Waals surface area contributed by atoms with Gasteiger partial charge >= 0.3 is 0 Å². The maximum absolute atomic E-state index is 12.5. The average molecular weight is 364 g/mol. The molecule has 0 aliphatic carbocycles. The fourth-order valence-corrected chi connectivity index (χ4v) is 3.39. The molecule has 2 atom stereocenters. The Morgan fingerprint density at radius 1 is 1.55 bits per heavy atom. The van der Waals surface area contributed by atoms with Gasteiger partial charge in [0.15, 0.2) is 5.78 Å². The largest absolute Gasteiger partial charge is 0.377 e. The van der Waals surface area contributed by atoms with Crippen molar-refractivity contribution >= 4 is 33.3 Å². The number of hydrogen-bond acceptors (Lipinski definition) is 3. The molecule has 0 saturated carbocycles. The first-order chi connectivity index (χ1) is 9.54. The van der Waals surface area contributed by atoms with E-state index < -0.39 is 0 Å². The second-order valence-corrected chi connectivity index (χ2v) is 6.30. The molecule has 2 heterocycles. The van der Waals surface area contributed by atoms with Crippen molar-refractivity contribution in [2.24, 2.45) is 5.92 Å². The standard InChI is InChI=1S/C14H20BrClN2O2/c1-3-20-11-7-17-5-4-9(11)6-10(19)14-12(15)13(16)8(2)18-14/h9,11,17-18H,3-7H2,1-2H3/t9-,11-/m0/s1. The van der Waals surface area contributed by atoms with E-state index in [1.807, 2.05) is 13.8 Å². The van der Waals surface area contributed by atoms with Gasteiger partial charge in [0.2, 0.25) is 0 Å². The molecule has 2 N–H and O–H groups in total. The summed E-state index contributed by atoms with van der Waals surface area (Å²) in [6.07, 6.45) is 1.56. The highest BCUT2D eigenvalue weighted by Gasteiger charge is 2.29. The van der Waals surface area contributed by atoms with Gasteiger partial charge in [-0.1, -0.05) is 11.6 Å². The molecule has 4 nitrogen and oxygen atoms in total. The van der Waals surface area contributed by atoms with Gasteiger partial charge in [0.25, 0.3) is 0 Å². The van der Waals surface area contributed by atoms with E-state index in [4.69, 9.17) is 16.3 Å². The third-order valence-electron chi connectivity index (χ3n) is 3.72. The quantitative estimate of drug-likeness (QED) is 0.789. The molecule has 1 aromatic rings.